The van der Waals surface area contributed by atoms with E-state index in [1.54, 1.807) is 0 Å². The van der Waals surface area contributed by atoms with Crippen molar-refractivity contribution >= 4 is 0 Å². The summed E-state index contributed by atoms with van der Waals surface area (Å²) < 4.78 is 1.93. The lowest BCUT2D eigenvalue weighted by Gasteiger charge is -2.10. The Labute approximate surface area is 130 Å². The van der Waals surface area contributed by atoms with Crippen molar-refractivity contribution in [1.29, 1.82) is 0 Å². The maximum absolute atomic E-state index is 5.83. The van der Waals surface area contributed by atoms with Crippen LogP contribution < -0.4 is 5.73 Å². The van der Waals surface area contributed by atoms with Gasteiger partial charge in [0.2, 0.25) is 0 Å². The molecule has 3 rings (SSSR count). The molecule has 0 saturated carbocycles. The van der Waals surface area contributed by atoms with Gasteiger partial charge in [-0.05, 0) is 37.0 Å². The Bertz CT molecular complexity index is 747. The van der Waals surface area contributed by atoms with Crippen molar-refractivity contribution in [3.8, 4) is 5.69 Å². The first-order valence-corrected chi connectivity index (χ1v) is 7.53. The van der Waals surface area contributed by atoms with Gasteiger partial charge in [-0.3, -0.25) is 0 Å². The summed E-state index contributed by atoms with van der Waals surface area (Å²) in [6.07, 6.45) is 1.82. The van der Waals surface area contributed by atoms with Crippen molar-refractivity contribution in [2.24, 2.45) is 5.73 Å². The average molecular weight is 292 g/mol. The van der Waals surface area contributed by atoms with Crippen molar-refractivity contribution in [3.63, 3.8) is 0 Å². The topological polar surface area (TPSA) is 56.7 Å². The number of benzene rings is 2. The number of hydrogen-bond donors (Lipinski definition) is 1. The molecule has 3 aromatic rings. The summed E-state index contributed by atoms with van der Waals surface area (Å²) in [7, 11) is 0. The van der Waals surface area contributed by atoms with Crippen LogP contribution in [0.25, 0.3) is 5.69 Å². The fraction of sp³-hybridized carbons (Fsp3) is 0.222. The third-order valence-electron chi connectivity index (χ3n) is 3.87. The van der Waals surface area contributed by atoms with Crippen LogP contribution in [-0.2, 0) is 19.4 Å². The second-order valence-corrected chi connectivity index (χ2v) is 5.37. The van der Waals surface area contributed by atoms with E-state index in [0.29, 0.717) is 6.54 Å². The Balaban J connectivity index is 1.93. The lowest BCUT2D eigenvalue weighted by molar-refractivity contribution is 0.748. The van der Waals surface area contributed by atoms with Crippen molar-refractivity contribution in [1.82, 2.24) is 15.0 Å². The molecule has 0 bridgehead atoms. The molecule has 4 nitrogen and oxygen atoms in total. The smallest absolute Gasteiger partial charge is 0.0999 e. The summed E-state index contributed by atoms with van der Waals surface area (Å²) in [6, 6.07) is 18.7. The second kappa shape index (κ2) is 6.54. The van der Waals surface area contributed by atoms with E-state index in [-0.39, 0.29) is 0 Å². The zero-order chi connectivity index (χ0) is 15.4. The molecule has 0 saturated heterocycles. The minimum Gasteiger partial charge on any atom is -0.325 e. The van der Waals surface area contributed by atoms with Crippen LogP contribution in [-0.4, -0.2) is 15.0 Å². The first-order chi connectivity index (χ1) is 10.8. The van der Waals surface area contributed by atoms with Crippen LogP contribution in [0.3, 0.4) is 0 Å². The average Bonchev–Trinajstić information content (AvgIpc) is 2.97. The molecule has 0 aliphatic heterocycles. The maximum Gasteiger partial charge on any atom is 0.0999 e. The molecular weight excluding hydrogens is 272 g/mol. The first kappa shape index (κ1) is 14.5. The van der Waals surface area contributed by atoms with E-state index in [0.717, 1.165) is 29.9 Å². The van der Waals surface area contributed by atoms with Crippen LogP contribution in [0.5, 0.6) is 0 Å². The van der Waals surface area contributed by atoms with Gasteiger partial charge in [-0.25, -0.2) is 4.68 Å². The molecular formula is C18H20N4. The second-order valence-electron chi connectivity index (χ2n) is 5.37. The number of para-hydroxylation sites is 1. The number of aryl methyl sites for hydroxylation is 2. The Morgan fingerprint density at radius 2 is 1.68 bits per heavy atom. The summed E-state index contributed by atoms with van der Waals surface area (Å²) in [5.41, 5.74) is 11.4. The van der Waals surface area contributed by atoms with Crippen LogP contribution >= 0.6 is 0 Å². The first-order valence-electron chi connectivity index (χ1n) is 7.53. The molecule has 0 aliphatic carbocycles. The van der Waals surface area contributed by atoms with Crippen LogP contribution in [0.4, 0.5) is 0 Å². The Hall–Kier alpha value is -2.46. The molecule has 1 aromatic heterocycles. The quantitative estimate of drug-likeness (QED) is 0.786. The third-order valence-corrected chi connectivity index (χ3v) is 3.87. The largest absolute Gasteiger partial charge is 0.325 e. The van der Waals surface area contributed by atoms with Gasteiger partial charge < -0.3 is 5.73 Å². The van der Waals surface area contributed by atoms with E-state index in [1.807, 2.05) is 22.9 Å². The fourth-order valence-corrected chi connectivity index (χ4v) is 2.64. The van der Waals surface area contributed by atoms with Crippen molar-refractivity contribution < 1.29 is 0 Å². The minimum absolute atomic E-state index is 0.413. The molecule has 112 valence electrons. The highest BCUT2D eigenvalue weighted by molar-refractivity contribution is 5.41. The fourth-order valence-electron chi connectivity index (χ4n) is 2.64. The third kappa shape index (κ3) is 2.92. The lowest BCUT2D eigenvalue weighted by Crippen LogP contribution is -2.08. The molecule has 0 atom stereocenters. The summed E-state index contributed by atoms with van der Waals surface area (Å²) in [5.74, 6) is 0. The normalized spacial score (nSPS) is 10.8. The van der Waals surface area contributed by atoms with Crippen molar-refractivity contribution in [3.05, 3.63) is 77.1 Å². The van der Waals surface area contributed by atoms with Gasteiger partial charge in [0.1, 0.15) is 0 Å². The highest BCUT2D eigenvalue weighted by atomic mass is 15.4. The molecule has 0 amide bonds. The van der Waals surface area contributed by atoms with Gasteiger partial charge >= 0.3 is 0 Å². The summed E-state index contributed by atoms with van der Waals surface area (Å²) in [6.45, 7) is 2.50. The van der Waals surface area contributed by atoms with E-state index in [1.165, 1.54) is 11.1 Å². The molecule has 2 N–H and O–H groups in total. The van der Waals surface area contributed by atoms with Crippen molar-refractivity contribution in [2.45, 2.75) is 26.3 Å². The molecule has 22 heavy (non-hydrogen) atoms. The molecule has 0 radical (unpaired) electrons. The van der Waals surface area contributed by atoms with Crippen LogP contribution in [0.1, 0.15) is 22.5 Å². The molecule has 0 fully saturated rings. The molecule has 4 heteroatoms. The molecule has 0 unspecified atom stereocenters. The van der Waals surface area contributed by atoms with Gasteiger partial charge in [-0.1, -0.05) is 53.7 Å². The van der Waals surface area contributed by atoms with Gasteiger partial charge in [0.05, 0.1) is 17.1 Å². The van der Waals surface area contributed by atoms with Gasteiger partial charge in [0.25, 0.3) is 0 Å². The molecule has 0 aliphatic rings. The maximum atomic E-state index is 5.83. The molecule has 0 spiro atoms. The van der Waals surface area contributed by atoms with E-state index in [4.69, 9.17) is 5.73 Å². The van der Waals surface area contributed by atoms with Gasteiger partial charge in [0.15, 0.2) is 0 Å². The number of nitrogens with two attached hydrogens (primary N) is 1. The predicted octanol–water partition coefficient (Wildman–Crippen LogP) is 2.82. The summed E-state index contributed by atoms with van der Waals surface area (Å²) in [4.78, 5) is 0. The predicted molar refractivity (Wildman–Crippen MR) is 87.8 cm³/mol. The summed E-state index contributed by atoms with van der Waals surface area (Å²) in [5, 5.41) is 8.57. The molecule has 2 aromatic carbocycles. The zero-order valence-corrected chi connectivity index (χ0v) is 12.7. The Morgan fingerprint density at radius 3 is 2.41 bits per heavy atom. The summed E-state index contributed by atoms with van der Waals surface area (Å²) >= 11 is 0. The molecule has 1 heterocycles. The van der Waals surface area contributed by atoms with Gasteiger partial charge in [0, 0.05) is 6.54 Å². The standard InChI is InChI=1S/C18H20N4/c1-14-7-5-6-10-17(14)22-18(16(13-19)20-21-22)12-11-15-8-3-2-4-9-15/h2-10H,11-13,19H2,1H3. The van der Waals surface area contributed by atoms with E-state index in [9.17, 15) is 0 Å². The van der Waals surface area contributed by atoms with Crippen LogP contribution in [0.15, 0.2) is 54.6 Å². The number of aromatic nitrogens is 3. The van der Waals surface area contributed by atoms with Crippen molar-refractivity contribution in [2.75, 3.05) is 0 Å². The van der Waals surface area contributed by atoms with E-state index < -0.39 is 0 Å². The number of hydrogen-bond acceptors (Lipinski definition) is 3. The highest BCUT2D eigenvalue weighted by Crippen LogP contribution is 2.18. The lowest BCUT2D eigenvalue weighted by atomic mass is 10.1. The monoisotopic (exact) mass is 292 g/mol. The van der Waals surface area contributed by atoms with Crippen LogP contribution in [0.2, 0.25) is 0 Å². The van der Waals surface area contributed by atoms with Gasteiger partial charge in [-0.2, -0.15) is 0 Å². The Kier molecular flexibility index (Phi) is 4.30. The minimum atomic E-state index is 0.413. The van der Waals surface area contributed by atoms with Crippen LogP contribution in [0, 0.1) is 6.92 Å². The number of rotatable bonds is 5. The number of nitrogens with zero attached hydrogens (tertiary/aromatic N) is 3. The van der Waals surface area contributed by atoms with E-state index >= 15 is 0 Å². The highest BCUT2D eigenvalue weighted by Gasteiger charge is 2.14. The Morgan fingerprint density at radius 1 is 0.955 bits per heavy atom. The SMILES string of the molecule is Cc1ccccc1-n1nnc(CN)c1CCc1ccccc1. The zero-order valence-electron chi connectivity index (χ0n) is 12.7. The van der Waals surface area contributed by atoms with Gasteiger partial charge in [-0.15, -0.1) is 5.10 Å². The van der Waals surface area contributed by atoms with E-state index in [2.05, 4.69) is 53.6 Å².